The molecule has 1 amide bonds. The fraction of sp³-hybridized carbons (Fsp3) is 0.455. The number of sulfone groups is 1. The Bertz CT molecular complexity index is 1280. The number of nitrogens with zero attached hydrogens (tertiary/aromatic N) is 5. The second-order valence-electron chi connectivity index (χ2n) is 8.53. The smallest absolute Gasteiger partial charge is 0.410 e. The fourth-order valence-electron chi connectivity index (χ4n) is 3.97. The summed E-state index contributed by atoms with van der Waals surface area (Å²) in [4.78, 5) is 27.1. The minimum Gasteiger partial charge on any atom is -0.447 e. The summed E-state index contributed by atoms with van der Waals surface area (Å²) >= 11 is 0. The van der Waals surface area contributed by atoms with Crippen molar-refractivity contribution in [1.29, 1.82) is 0 Å². The Morgan fingerprint density at radius 1 is 1.21 bits per heavy atom. The maximum Gasteiger partial charge on any atom is 0.410 e. The third kappa shape index (κ3) is 4.92. The molecule has 0 aromatic carbocycles. The van der Waals surface area contributed by atoms with Crippen LogP contribution in [0.1, 0.15) is 44.0 Å². The molecule has 4 heterocycles. The van der Waals surface area contributed by atoms with Gasteiger partial charge in [0.25, 0.3) is 0 Å². The van der Waals surface area contributed by atoms with E-state index >= 15 is 0 Å². The lowest BCUT2D eigenvalue weighted by atomic mass is 9.94. The lowest BCUT2D eigenvalue weighted by Gasteiger charge is -2.31. The van der Waals surface area contributed by atoms with E-state index in [1.54, 1.807) is 24.1 Å². The summed E-state index contributed by atoms with van der Waals surface area (Å²) in [7, 11) is -3.38. The minimum atomic E-state index is -3.38. The largest absolute Gasteiger partial charge is 0.447 e. The van der Waals surface area contributed by atoms with Crippen molar-refractivity contribution in [3.63, 3.8) is 0 Å². The number of anilines is 2. The van der Waals surface area contributed by atoms with Crippen LogP contribution in [-0.4, -0.2) is 64.2 Å². The summed E-state index contributed by atoms with van der Waals surface area (Å²) in [6, 6.07) is 3.15. The Morgan fingerprint density at radius 2 is 1.94 bits per heavy atom. The van der Waals surface area contributed by atoms with Crippen molar-refractivity contribution in [2.24, 2.45) is 0 Å². The molecule has 176 valence electrons. The number of likely N-dealkylation sites (tertiary alicyclic amines) is 1. The first-order valence-electron chi connectivity index (χ1n) is 10.9. The van der Waals surface area contributed by atoms with Crippen molar-refractivity contribution in [2.75, 3.05) is 24.7 Å². The molecule has 4 rings (SSSR count). The molecule has 0 atom stereocenters. The molecular formula is C22H28N6O4S. The summed E-state index contributed by atoms with van der Waals surface area (Å²) < 4.78 is 30.8. The van der Waals surface area contributed by atoms with Crippen LogP contribution in [0, 0.1) is 6.92 Å². The van der Waals surface area contributed by atoms with Gasteiger partial charge in [-0.15, -0.1) is 0 Å². The van der Waals surface area contributed by atoms with Gasteiger partial charge < -0.3 is 15.0 Å². The average Bonchev–Trinajstić information content (AvgIpc) is 3.19. The van der Waals surface area contributed by atoms with Gasteiger partial charge in [-0.25, -0.2) is 28.2 Å². The molecule has 0 spiro atoms. The van der Waals surface area contributed by atoms with Gasteiger partial charge in [-0.05, 0) is 45.7 Å². The zero-order valence-electron chi connectivity index (χ0n) is 19.1. The van der Waals surface area contributed by atoms with E-state index in [1.165, 1.54) is 6.07 Å². The Morgan fingerprint density at radius 3 is 2.58 bits per heavy atom. The third-order valence-electron chi connectivity index (χ3n) is 5.66. The van der Waals surface area contributed by atoms with Gasteiger partial charge in [-0.3, -0.25) is 4.40 Å². The standard InChI is InChI=1S/C22H28N6O4S/c1-14(2)32-22(29)27-10-7-16(8-11-27)18-13-24-21-20(23-9-12-28(18)21)26-17-5-6-19(25-15(17)3)33(4,30)31/h5-6,9,12-14,16H,7-8,10-11H2,1-4H3,(H,23,26). The molecule has 1 fully saturated rings. The first kappa shape index (κ1) is 23.0. The van der Waals surface area contributed by atoms with E-state index in [0.29, 0.717) is 35.9 Å². The minimum absolute atomic E-state index is 0.0310. The highest BCUT2D eigenvalue weighted by Crippen LogP contribution is 2.31. The molecule has 11 heteroatoms. The number of piperidine rings is 1. The predicted octanol–water partition coefficient (Wildman–Crippen LogP) is 3.30. The average molecular weight is 473 g/mol. The van der Waals surface area contributed by atoms with Crippen molar-refractivity contribution >= 4 is 33.1 Å². The molecule has 10 nitrogen and oxygen atoms in total. The van der Waals surface area contributed by atoms with Crippen LogP contribution in [0.2, 0.25) is 0 Å². The van der Waals surface area contributed by atoms with Gasteiger partial charge in [0, 0.05) is 49.5 Å². The Kier molecular flexibility index (Phi) is 6.24. The Balaban J connectivity index is 1.53. The number of nitrogens with one attached hydrogen (secondary N) is 1. The number of imidazole rings is 1. The Hall–Kier alpha value is -3.21. The quantitative estimate of drug-likeness (QED) is 0.601. The molecule has 1 N–H and O–H groups in total. The predicted molar refractivity (Wildman–Crippen MR) is 124 cm³/mol. The van der Waals surface area contributed by atoms with Crippen LogP contribution in [0.5, 0.6) is 0 Å². The molecule has 1 saturated heterocycles. The van der Waals surface area contributed by atoms with Crippen LogP contribution in [0.3, 0.4) is 0 Å². The molecule has 0 saturated carbocycles. The molecule has 0 bridgehead atoms. The number of pyridine rings is 1. The third-order valence-corrected chi connectivity index (χ3v) is 6.64. The highest BCUT2D eigenvalue weighted by atomic mass is 32.2. The normalized spacial score (nSPS) is 15.2. The number of rotatable bonds is 5. The van der Waals surface area contributed by atoms with E-state index in [9.17, 15) is 13.2 Å². The highest BCUT2D eigenvalue weighted by Gasteiger charge is 2.27. The number of aromatic nitrogens is 4. The van der Waals surface area contributed by atoms with E-state index in [2.05, 4.69) is 20.3 Å². The number of amides is 1. The van der Waals surface area contributed by atoms with Crippen LogP contribution < -0.4 is 5.32 Å². The van der Waals surface area contributed by atoms with Gasteiger partial charge in [-0.2, -0.15) is 0 Å². The summed E-state index contributed by atoms with van der Waals surface area (Å²) in [6.45, 7) is 6.71. The van der Waals surface area contributed by atoms with E-state index in [1.807, 2.05) is 30.6 Å². The summed E-state index contributed by atoms with van der Waals surface area (Å²) in [5.74, 6) is 0.814. The molecule has 0 aliphatic carbocycles. The zero-order valence-corrected chi connectivity index (χ0v) is 20.0. The van der Waals surface area contributed by atoms with E-state index in [0.717, 1.165) is 24.8 Å². The molecule has 3 aromatic heterocycles. The zero-order chi connectivity index (χ0) is 23.8. The van der Waals surface area contributed by atoms with Crippen LogP contribution in [0.25, 0.3) is 5.65 Å². The molecule has 0 radical (unpaired) electrons. The molecule has 1 aliphatic heterocycles. The van der Waals surface area contributed by atoms with Gasteiger partial charge in [0.1, 0.15) is 0 Å². The van der Waals surface area contributed by atoms with E-state index in [-0.39, 0.29) is 23.1 Å². The fourth-order valence-corrected chi connectivity index (χ4v) is 4.58. The lowest BCUT2D eigenvalue weighted by molar-refractivity contribution is 0.0690. The Labute approximate surface area is 192 Å². The first-order chi connectivity index (χ1) is 15.6. The number of fused-ring (bicyclic) bond motifs is 1. The van der Waals surface area contributed by atoms with E-state index < -0.39 is 9.84 Å². The van der Waals surface area contributed by atoms with Crippen LogP contribution in [0.4, 0.5) is 16.3 Å². The topological polar surface area (TPSA) is 119 Å². The van der Waals surface area contributed by atoms with Crippen molar-refractivity contribution in [3.8, 4) is 0 Å². The lowest BCUT2D eigenvalue weighted by Crippen LogP contribution is -2.39. The van der Waals surface area contributed by atoms with Crippen LogP contribution in [0.15, 0.2) is 35.7 Å². The van der Waals surface area contributed by atoms with Gasteiger partial charge in [0.2, 0.25) is 0 Å². The molecule has 3 aromatic rings. The molecule has 1 aliphatic rings. The maximum atomic E-state index is 12.2. The van der Waals surface area contributed by atoms with Crippen molar-refractivity contribution in [1.82, 2.24) is 24.3 Å². The number of hydrogen-bond donors (Lipinski definition) is 1. The maximum absolute atomic E-state index is 12.2. The number of carbonyl (C=O) groups excluding carboxylic acids is 1. The molecule has 0 unspecified atom stereocenters. The number of hydrogen-bond acceptors (Lipinski definition) is 8. The second kappa shape index (κ2) is 8.97. The van der Waals surface area contributed by atoms with Crippen molar-refractivity contribution < 1.29 is 17.9 Å². The first-order valence-corrected chi connectivity index (χ1v) is 12.7. The van der Waals surface area contributed by atoms with Crippen LogP contribution in [-0.2, 0) is 14.6 Å². The number of ether oxygens (including phenoxy) is 1. The molecule has 33 heavy (non-hydrogen) atoms. The van der Waals surface area contributed by atoms with Crippen LogP contribution >= 0.6 is 0 Å². The van der Waals surface area contributed by atoms with Gasteiger partial charge in [-0.1, -0.05) is 0 Å². The van der Waals surface area contributed by atoms with Gasteiger partial charge >= 0.3 is 6.09 Å². The SMILES string of the molecule is Cc1nc(S(C)(=O)=O)ccc1Nc1nccn2c(C3CCN(C(=O)OC(C)C)CC3)cnc12. The van der Waals surface area contributed by atoms with Crippen molar-refractivity contribution in [3.05, 3.63) is 42.1 Å². The highest BCUT2D eigenvalue weighted by molar-refractivity contribution is 7.90. The van der Waals surface area contributed by atoms with E-state index in [4.69, 9.17) is 4.74 Å². The number of carbonyl (C=O) groups is 1. The summed E-state index contributed by atoms with van der Waals surface area (Å²) in [5, 5.41) is 3.26. The summed E-state index contributed by atoms with van der Waals surface area (Å²) in [5.41, 5.74) is 2.94. The second-order valence-corrected chi connectivity index (χ2v) is 10.5. The van der Waals surface area contributed by atoms with Gasteiger partial charge in [0.05, 0.1) is 17.5 Å². The van der Waals surface area contributed by atoms with Crippen molar-refractivity contribution in [2.45, 2.75) is 50.7 Å². The summed E-state index contributed by atoms with van der Waals surface area (Å²) in [6.07, 6.45) is 7.81. The molecular weight excluding hydrogens is 444 g/mol. The van der Waals surface area contributed by atoms with Gasteiger partial charge in [0.15, 0.2) is 26.3 Å². The monoisotopic (exact) mass is 472 g/mol. The number of aryl methyl sites for hydroxylation is 1.